The zero-order valence-electron chi connectivity index (χ0n) is 23.4. The number of esters is 1. The van der Waals surface area contributed by atoms with Gasteiger partial charge in [-0.2, -0.15) is 0 Å². The third kappa shape index (κ3) is 12.3. The summed E-state index contributed by atoms with van der Waals surface area (Å²) in [6.07, 6.45) is 1.61. The van der Waals surface area contributed by atoms with Gasteiger partial charge in [-0.05, 0) is 51.2 Å². The lowest BCUT2D eigenvalue weighted by molar-refractivity contribution is -0.143. The zero-order chi connectivity index (χ0) is 28.1. The molecule has 1 saturated heterocycles. The highest BCUT2D eigenvalue weighted by Gasteiger charge is 2.33. The van der Waals surface area contributed by atoms with Gasteiger partial charge in [0.25, 0.3) is 0 Å². The molecule has 0 radical (unpaired) electrons. The zero-order valence-corrected chi connectivity index (χ0v) is 25.0. The first-order valence-electron chi connectivity index (χ1n) is 12.6. The first-order chi connectivity index (χ1) is 18.1. The fourth-order valence-electron chi connectivity index (χ4n) is 3.42. The fourth-order valence-corrected chi connectivity index (χ4v) is 3.42. The van der Waals surface area contributed by atoms with Crippen molar-refractivity contribution in [3.8, 4) is 0 Å². The van der Waals surface area contributed by atoms with Gasteiger partial charge in [0.1, 0.15) is 6.04 Å². The molecule has 1 fully saturated rings. The molecule has 13 nitrogen and oxygen atoms in total. The van der Waals surface area contributed by atoms with Gasteiger partial charge in [0, 0.05) is 44.5 Å². The highest BCUT2D eigenvalue weighted by atomic mass is 35.5. The molecular formula is C25H41Cl2N7O6. The molecule has 0 aliphatic carbocycles. The molecule has 1 aromatic carbocycles. The van der Waals surface area contributed by atoms with E-state index in [9.17, 15) is 19.2 Å². The number of anilines is 1. The molecule has 4 amide bonds. The van der Waals surface area contributed by atoms with Crippen LogP contribution in [0.4, 0.5) is 15.3 Å². The number of rotatable bonds is 13. The maximum atomic E-state index is 12.8. The summed E-state index contributed by atoms with van der Waals surface area (Å²) < 4.78 is 5.04. The van der Waals surface area contributed by atoms with E-state index >= 15 is 0 Å². The van der Waals surface area contributed by atoms with Crippen molar-refractivity contribution in [3.63, 3.8) is 0 Å². The average Bonchev–Trinajstić information content (AvgIpc) is 3.25. The molecule has 15 heteroatoms. The van der Waals surface area contributed by atoms with Crippen molar-refractivity contribution in [1.82, 2.24) is 20.4 Å². The molecule has 0 unspecified atom stereocenters. The van der Waals surface area contributed by atoms with E-state index in [4.69, 9.17) is 15.3 Å². The van der Waals surface area contributed by atoms with Crippen molar-refractivity contribution >= 4 is 60.3 Å². The van der Waals surface area contributed by atoms with Crippen LogP contribution in [0.2, 0.25) is 0 Å². The number of benzene rings is 1. The fraction of sp³-hybridized carbons (Fsp3) is 0.560. The van der Waals surface area contributed by atoms with Crippen molar-refractivity contribution in [2.75, 3.05) is 58.8 Å². The molecule has 2 rings (SSSR count). The molecular weight excluding hydrogens is 565 g/mol. The second-order valence-corrected chi connectivity index (χ2v) is 9.16. The molecule has 1 aliphatic heterocycles. The number of halogens is 2. The molecule has 0 aromatic heterocycles. The summed E-state index contributed by atoms with van der Waals surface area (Å²) in [5.41, 5.74) is 7.10. The third-order valence-corrected chi connectivity index (χ3v) is 5.78. The number of likely N-dealkylation sites (N-methyl/N-ethyl adjacent to an activating group) is 2. The number of nitrogens with zero attached hydrogens (tertiary/aromatic N) is 4. The number of ether oxygens (including phenoxy) is 1. The lowest BCUT2D eigenvalue weighted by atomic mass is 10.2. The minimum atomic E-state index is -0.679. The summed E-state index contributed by atoms with van der Waals surface area (Å²) in [4.78, 5) is 58.4. The lowest BCUT2D eigenvalue weighted by Crippen LogP contribution is -2.46. The van der Waals surface area contributed by atoms with Crippen LogP contribution in [-0.4, -0.2) is 99.6 Å². The Bertz CT molecular complexity index is 994. The van der Waals surface area contributed by atoms with Crippen LogP contribution in [-0.2, 0) is 19.2 Å². The number of nitrogens with two attached hydrogens (primary N) is 1. The van der Waals surface area contributed by atoms with E-state index in [1.807, 2.05) is 25.9 Å². The van der Waals surface area contributed by atoms with Crippen molar-refractivity contribution in [3.05, 3.63) is 29.8 Å². The third-order valence-electron chi connectivity index (χ3n) is 5.78. The lowest BCUT2D eigenvalue weighted by Gasteiger charge is -2.18. The van der Waals surface area contributed by atoms with Crippen LogP contribution in [0, 0.1) is 0 Å². The average molecular weight is 607 g/mol. The van der Waals surface area contributed by atoms with E-state index in [1.165, 1.54) is 4.90 Å². The van der Waals surface area contributed by atoms with Crippen LogP contribution < -0.4 is 21.3 Å². The summed E-state index contributed by atoms with van der Waals surface area (Å²) in [5.74, 6) is -0.603. The van der Waals surface area contributed by atoms with Gasteiger partial charge in [-0.25, -0.2) is 9.59 Å². The topological polar surface area (TPSA) is 159 Å². The number of carbonyl (C=O) groups excluding carboxylic acids is 4. The maximum Gasteiger partial charge on any atom is 0.435 e. The Morgan fingerprint density at radius 1 is 1.12 bits per heavy atom. The second kappa shape index (κ2) is 18.9. The Morgan fingerprint density at radius 3 is 2.42 bits per heavy atom. The predicted molar refractivity (Wildman–Crippen MR) is 157 cm³/mol. The molecule has 4 N–H and O–H groups in total. The number of carbonyl (C=O) groups is 4. The first-order valence-corrected chi connectivity index (χ1v) is 12.6. The standard InChI is InChI=1S/C25H39N7O6.2ClH/c1-5-6-17-37-21(33)11-13-27-24(35)28-20-12-14-32(23(20)34)19-9-7-18(8-10-19)22(26)29-38-25(36)31(4)16-15-30(2)3;;/h7-10,20H,5-6,11-17H2,1-4H3,(H2,26,29)(H2,27,28,35);2*1H/t20-;;/m0../s1. The van der Waals surface area contributed by atoms with Crippen molar-refractivity contribution < 1.29 is 28.8 Å². The van der Waals surface area contributed by atoms with Gasteiger partial charge in [-0.1, -0.05) is 18.5 Å². The predicted octanol–water partition coefficient (Wildman–Crippen LogP) is 1.92. The number of amidine groups is 1. The molecule has 1 heterocycles. The molecule has 226 valence electrons. The van der Waals surface area contributed by atoms with Crippen LogP contribution >= 0.6 is 24.8 Å². The van der Waals surface area contributed by atoms with Crippen molar-refractivity contribution in [2.45, 2.75) is 38.6 Å². The van der Waals surface area contributed by atoms with Gasteiger partial charge < -0.3 is 35.8 Å². The number of hydrogen-bond acceptors (Lipinski definition) is 8. The number of urea groups is 1. The Kier molecular flexibility index (Phi) is 17.3. The minimum Gasteiger partial charge on any atom is -0.466 e. The summed E-state index contributed by atoms with van der Waals surface area (Å²) in [5, 5.41) is 8.93. The molecule has 0 spiro atoms. The van der Waals surface area contributed by atoms with Crippen molar-refractivity contribution in [2.24, 2.45) is 10.9 Å². The molecule has 1 aromatic rings. The van der Waals surface area contributed by atoms with E-state index in [0.29, 0.717) is 43.9 Å². The quantitative estimate of drug-likeness (QED) is 0.0767. The smallest absolute Gasteiger partial charge is 0.435 e. The van der Waals surface area contributed by atoms with Crippen LogP contribution in [0.25, 0.3) is 0 Å². The molecule has 1 aliphatic rings. The van der Waals surface area contributed by atoms with E-state index in [1.54, 1.807) is 36.2 Å². The SMILES string of the molecule is CCCCOC(=O)CCNC(=O)N[C@H]1CCN(c2ccc(C(N)=NOC(=O)N(C)CCN(C)C)cc2)C1=O.Cl.Cl. The Morgan fingerprint density at radius 2 is 1.80 bits per heavy atom. The number of oxime groups is 1. The van der Waals surface area contributed by atoms with Gasteiger partial charge in [-0.15, -0.1) is 24.8 Å². The van der Waals surface area contributed by atoms with Crippen molar-refractivity contribution in [1.29, 1.82) is 0 Å². The number of nitrogens with one attached hydrogen (secondary N) is 2. The molecule has 40 heavy (non-hydrogen) atoms. The Hall–Kier alpha value is -3.29. The normalized spacial score (nSPS) is 14.6. The molecule has 0 bridgehead atoms. The Balaban J connectivity index is 0.00000760. The van der Waals surface area contributed by atoms with Crippen LogP contribution in [0.1, 0.15) is 38.2 Å². The number of unbranched alkanes of at least 4 members (excludes halogenated alkanes) is 1. The van der Waals surface area contributed by atoms with Crippen LogP contribution in [0.3, 0.4) is 0 Å². The summed E-state index contributed by atoms with van der Waals surface area (Å²) in [6, 6.07) is 5.53. The van der Waals surface area contributed by atoms with Crippen LogP contribution in [0.5, 0.6) is 0 Å². The second-order valence-electron chi connectivity index (χ2n) is 9.16. The van der Waals surface area contributed by atoms with Gasteiger partial charge in [0.2, 0.25) is 5.91 Å². The maximum absolute atomic E-state index is 12.8. The van der Waals surface area contributed by atoms with E-state index in [-0.39, 0.29) is 55.5 Å². The number of amides is 4. The minimum absolute atomic E-state index is 0. The number of hydrogen-bond donors (Lipinski definition) is 3. The highest BCUT2D eigenvalue weighted by molar-refractivity contribution is 6.02. The Labute approximate surface area is 247 Å². The van der Waals surface area contributed by atoms with Crippen LogP contribution in [0.15, 0.2) is 29.4 Å². The molecule has 0 saturated carbocycles. The summed E-state index contributed by atoms with van der Waals surface area (Å²) in [7, 11) is 5.41. The van der Waals surface area contributed by atoms with Gasteiger partial charge >= 0.3 is 18.1 Å². The first kappa shape index (κ1) is 36.7. The van der Waals surface area contributed by atoms with Gasteiger partial charge in [0.15, 0.2) is 5.84 Å². The monoisotopic (exact) mass is 605 g/mol. The van der Waals surface area contributed by atoms with Gasteiger partial charge in [0.05, 0.1) is 13.0 Å². The highest BCUT2D eigenvalue weighted by Crippen LogP contribution is 2.22. The largest absolute Gasteiger partial charge is 0.466 e. The van der Waals surface area contributed by atoms with E-state index in [2.05, 4.69) is 15.8 Å². The molecule has 1 atom stereocenters. The summed E-state index contributed by atoms with van der Waals surface area (Å²) in [6.45, 7) is 4.07. The van der Waals surface area contributed by atoms with E-state index < -0.39 is 18.2 Å². The van der Waals surface area contributed by atoms with E-state index in [0.717, 1.165) is 12.8 Å². The van der Waals surface area contributed by atoms with Gasteiger partial charge in [-0.3, -0.25) is 14.4 Å². The summed E-state index contributed by atoms with van der Waals surface area (Å²) >= 11 is 0.